The van der Waals surface area contributed by atoms with Gasteiger partial charge in [-0.15, -0.1) is 0 Å². The van der Waals surface area contributed by atoms with Crippen molar-refractivity contribution in [2.75, 3.05) is 56.9 Å². The second kappa shape index (κ2) is 25.5. The maximum atomic E-state index is 13.1. The smallest absolute Gasteiger partial charge is 0.870 e. The number of Topliss-reactive ketones (excluding diaryl/α,β-unsaturated/α-hetero) is 2. The van der Waals surface area contributed by atoms with Gasteiger partial charge in [0.1, 0.15) is 12.1 Å². The summed E-state index contributed by atoms with van der Waals surface area (Å²) in [5, 5.41) is 16.6. The van der Waals surface area contributed by atoms with E-state index >= 15 is 0 Å². The van der Waals surface area contributed by atoms with Crippen molar-refractivity contribution < 1.29 is 96.5 Å². The van der Waals surface area contributed by atoms with Gasteiger partial charge in [-0.25, -0.2) is 9.59 Å². The Kier molecular flexibility index (Phi) is 22.1. The molecule has 0 saturated carbocycles. The van der Waals surface area contributed by atoms with Crippen molar-refractivity contribution in [3.63, 3.8) is 0 Å². The summed E-state index contributed by atoms with van der Waals surface area (Å²) in [5.41, 5.74) is 3.57. The Morgan fingerprint density at radius 1 is 0.531 bits per heavy atom. The van der Waals surface area contributed by atoms with Crippen LogP contribution in [0, 0.1) is 0 Å². The van der Waals surface area contributed by atoms with Crippen LogP contribution < -0.4 is 47.3 Å². The average Bonchev–Trinajstić information content (AvgIpc) is 3.31. The number of amides is 2. The number of esters is 1. The van der Waals surface area contributed by atoms with Crippen LogP contribution in [0.15, 0.2) is 72.8 Å². The molecule has 2 amide bonds. The molecule has 0 fully saturated rings. The van der Waals surface area contributed by atoms with Gasteiger partial charge in [-0.1, -0.05) is 56.0 Å². The van der Waals surface area contributed by atoms with Crippen molar-refractivity contribution in [2.24, 2.45) is 0 Å². The number of aliphatic carboxylic acids is 1. The number of carbonyl (C=O) groups excluding carboxylic acids is 5. The van der Waals surface area contributed by atoms with E-state index in [9.17, 15) is 33.9 Å². The number of benzene rings is 4. The fourth-order valence-corrected chi connectivity index (χ4v) is 6.97. The first-order chi connectivity index (χ1) is 29.3. The number of ether oxygens (including phenoxy) is 7. The Bertz CT molecular complexity index is 2230. The van der Waals surface area contributed by atoms with Gasteiger partial charge in [0.25, 0.3) is 23.4 Å². The van der Waals surface area contributed by atoms with Crippen molar-refractivity contribution in [3.05, 3.63) is 106 Å². The number of carboxylic acid groups (broad SMARTS) is 1. The van der Waals surface area contributed by atoms with Crippen LogP contribution in [0.5, 0.6) is 34.5 Å². The molecule has 0 aromatic heterocycles. The number of ketones is 2. The molecule has 2 unspecified atom stereocenters. The van der Waals surface area contributed by atoms with Crippen LogP contribution >= 0.6 is 0 Å². The molecular formula is C45H53LiN2O16. The minimum Gasteiger partial charge on any atom is -0.870 e. The molecule has 2 aliphatic heterocycles. The molecule has 6 rings (SSSR count). The fraction of sp³-hybridized carbons (Fsp3) is 0.333. The third-order valence-corrected chi connectivity index (χ3v) is 10.0. The molecule has 18 nitrogen and oxygen atoms in total. The first-order valence-corrected chi connectivity index (χ1v) is 18.6. The molecule has 2 atom stereocenters. The van der Waals surface area contributed by atoms with E-state index in [-0.39, 0.29) is 97.6 Å². The molecule has 0 radical (unpaired) electrons. The standard InChI is InChI=1S/C22H23NO7.C21H21NO7.CH4O.CH4.Li.H2O/c1-27-17-10-15(11-18(28-2)20(17)29-3)19(24)21(25)23-12-14-8-6-5-7-13(14)9-16(23)22(26)30-4;1-27-16-9-14(10-17(28-2)19(16)29-3)18(23)20(24)22-11-13-7-5-4-6-12(13)8-15(22)21(25)26;1-2;;;/h5-8,10-11,16H,9,12H2,1-4H3;4-7,9-10,15H,8,11H2,1-3H3,(H,25,26);2H,1H3;1H4;;1H2/q;;;;+1;/p-1. The molecule has 2 aliphatic rings. The normalized spacial score (nSPS) is 14.1. The first-order valence-electron chi connectivity index (χ1n) is 18.6. The average molecular weight is 885 g/mol. The minimum atomic E-state index is -1.16. The van der Waals surface area contributed by atoms with Crippen molar-refractivity contribution in [3.8, 4) is 34.5 Å². The van der Waals surface area contributed by atoms with Gasteiger partial charge in [0.15, 0.2) is 23.0 Å². The van der Waals surface area contributed by atoms with E-state index in [0.717, 1.165) is 34.3 Å². The second-order valence-corrected chi connectivity index (χ2v) is 13.2. The van der Waals surface area contributed by atoms with Crippen molar-refractivity contribution in [1.82, 2.24) is 9.80 Å². The number of fused-ring (bicyclic) bond motifs is 2. The second-order valence-electron chi connectivity index (χ2n) is 13.2. The molecule has 4 aromatic rings. The zero-order chi connectivity index (χ0) is 45.0. The van der Waals surface area contributed by atoms with Gasteiger partial charge in [0.2, 0.25) is 11.5 Å². The molecule has 64 heavy (non-hydrogen) atoms. The number of methoxy groups -OCH3 is 7. The van der Waals surface area contributed by atoms with Gasteiger partial charge >= 0.3 is 30.8 Å². The summed E-state index contributed by atoms with van der Waals surface area (Å²) < 4.78 is 36.3. The van der Waals surface area contributed by atoms with E-state index in [1.807, 2.05) is 48.5 Å². The number of rotatable bonds is 12. The van der Waals surface area contributed by atoms with Crippen molar-refractivity contribution in [1.29, 1.82) is 0 Å². The number of hydrogen-bond acceptors (Lipinski definition) is 15. The number of nitrogens with zero attached hydrogens (tertiary/aromatic N) is 2. The SMILES string of the molecule is C.CO.COC(=O)C1Cc2ccccc2CN1C(=O)C(=O)c1cc(OC)c(OC)c(OC)c1.COc1cc(C(=O)C(=O)N2Cc3ccccc3CC2C(=O)O)cc(OC)c1OC.[Li+].[OH-]. The predicted octanol–water partition coefficient (Wildman–Crippen LogP) is 1.03. The van der Waals surface area contributed by atoms with Gasteiger partial charge in [-0.05, 0) is 46.5 Å². The molecule has 0 bridgehead atoms. The van der Waals surface area contributed by atoms with Crippen LogP contribution in [-0.4, -0.2) is 130 Å². The van der Waals surface area contributed by atoms with Crippen molar-refractivity contribution in [2.45, 2.75) is 45.4 Å². The Labute approximate surface area is 383 Å². The monoisotopic (exact) mass is 884 g/mol. The van der Waals surface area contributed by atoms with Gasteiger partial charge < -0.3 is 58.6 Å². The fourth-order valence-electron chi connectivity index (χ4n) is 6.97. The molecule has 0 aliphatic carbocycles. The van der Waals surface area contributed by atoms with Crippen LogP contribution in [0.1, 0.15) is 50.4 Å². The quantitative estimate of drug-likeness (QED) is 0.0874. The third kappa shape index (κ3) is 11.9. The van der Waals surface area contributed by atoms with Gasteiger partial charge in [0, 0.05) is 44.2 Å². The number of aliphatic hydroxyl groups is 1. The molecule has 3 N–H and O–H groups in total. The molecule has 0 spiro atoms. The summed E-state index contributed by atoms with van der Waals surface area (Å²) in [4.78, 5) is 78.6. The minimum absolute atomic E-state index is 0. The maximum Gasteiger partial charge on any atom is 1.00 e. The zero-order valence-corrected chi connectivity index (χ0v) is 36.5. The van der Waals surface area contributed by atoms with Crippen molar-refractivity contribution >= 4 is 35.3 Å². The number of hydrogen-bond donors (Lipinski definition) is 2. The summed E-state index contributed by atoms with van der Waals surface area (Å²) in [6, 6.07) is 18.3. The van der Waals surface area contributed by atoms with Gasteiger partial charge in [-0.3, -0.25) is 19.2 Å². The Morgan fingerprint density at radius 3 is 1.14 bits per heavy atom. The van der Waals surface area contributed by atoms with Gasteiger partial charge in [-0.2, -0.15) is 0 Å². The summed E-state index contributed by atoms with van der Waals surface area (Å²) in [7, 11) is 10.8. The number of carboxylic acids is 1. The maximum absolute atomic E-state index is 13.1. The van der Waals surface area contributed by atoms with Crippen LogP contribution in [-0.2, 0) is 49.8 Å². The zero-order valence-electron chi connectivity index (χ0n) is 36.5. The van der Waals surface area contributed by atoms with E-state index in [0.29, 0.717) is 5.75 Å². The Morgan fingerprint density at radius 2 is 0.844 bits per heavy atom. The van der Waals surface area contributed by atoms with Crippen LogP contribution in [0.3, 0.4) is 0 Å². The molecule has 4 aromatic carbocycles. The molecule has 340 valence electrons. The van der Waals surface area contributed by atoms with E-state index in [4.69, 9.17) is 38.3 Å². The van der Waals surface area contributed by atoms with E-state index in [2.05, 4.69) is 0 Å². The number of carbonyl (C=O) groups is 6. The summed E-state index contributed by atoms with van der Waals surface area (Å²) >= 11 is 0. The largest absolute Gasteiger partial charge is 1.00 e. The third-order valence-electron chi connectivity index (χ3n) is 10.0. The molecule has 19 heteroatoms. The summed E-state index contributed by atoms with van der Waals surface area (Å²) in [6.45, 7) is 0.174. The molecule has 2 heterocycles. The molecule has 0 saturated heterocycles. The van der Waals surface area contributed by atoms with Crippen LogP contribution in [0.2, 0.25) is 0 Å². The van der Waals surface area contributed by atoms with E-state index in [1.165, 1.54) is 78.9 Å². The predicted molar refractivity (Wildman–Crippen MR) is 226 cm³/mol. The number of aliphatic hydroxyl groups excluding tert-OH is 1. The van der Waals surface area contributed by atoms with Crippen LogP contribution in [0.4, 0.5) is 0 Å². The first kappa shape index (κ1) is 55.4. The summed E-state index contributed by atoms with van der Waals surface area (Å²) in [5.74, 6) is -3.54. The van der Waals surface area contributed by atoms with Gasteiger partial charge in [0.05, 0.1) is 49.8 Å². The Hall–Kier alpha value is -6.58. The topological polar surface area (TPSA) is 244 Å². The summed E-state index contributed by atoms with van der Waals surface area (Å²) in [6.07, 6.45) is 0.414. The Balaban J connectivity index is 0.000000590. The van der Waals surface area contributed by atoms with E-state index < -0.39 is 47.4 Å². The van der Waals surface area contributed by atoms with E-state index in [1.54, 1.807) is 0 Å². The van der Waals surface area contributed by atoms with Crippen LogP contribution in [0.25, 0.3) is 0 Å². The molecular weight excluding hydrogens is 831 g/mol.